The highest BCUT2D eigenvalue weighted by Gasteiger charge is 2.19. The largest absolute Gasteiger partial charge is 0.385 e. The third kappa shape index (κ3) is 3.82. The molecule has 0 bridgehead atoms. The average Bonchev–Trinajstić information content (AvgIpc) is 3.01. The maximum absolute atomic E-state index is 12.9. The topological polar surface area (TPSA) is 42.7 Å². The standard InChI is InChI=1S/C13H18F2N4OS2/c1-3-10(5-4-8-20-2)11-9-13(19(21-14)22-15)18-12(17-11)6-7-16-18/h6-7,9-10H,3-5,8H2,1-2H3. The molecule has 0 aromatic carbocycles. The lowest BCUT2D eigenvalue weighted by atomic mass is 9.96. The fourth-order valence-corrected chi connectivity index (χ4v) is 2.86. The van der Waals surface area contributed by atoms with Gasteiger partial charge in [-0.15, -0.1) is 7.77 Å². The number of halogens is 2. The highest BCUT2D eigenvalue weighted by molar-refractivity contribution is 8.13. The van der Waals surface area contributed by atoms with Crippen LogP contribution in [0.1, 0.15) is 37.8 Å². The van der Waals surface area contributed by atoms with Crippen molar-refractivity contribution in [3.63, 3.8) is 0 Å². The number of rotatable bonds is 9. The molecule has 0 saturated heterocycles. The zero-order valence-corrected chi connectivity index (χ0v) is 14.0. The molecule has 0 fully saturated rings. The SMILES string of the molecule is CCC(CCCOC)c1cc(N(SF)SF)n2nccc2n1. The van der Waals surface area contributed by atoms with E-state index in [2.05, 4.69) is 17.0 Å². The van der Waals surface area contributed by atoms with E-state index >= 15 is 0 Å². The van der Waals surface area contributed by atoms with Crippen LogP contribution in [0.4, 0.5) is 13.6 Å². The lowest BCUT2D eigenvalue weighted by molar-refractivity contribution is 0.190. The lowest BCUT2D eigenvalue weighted by Crippen LogP contribution is -2.11. The monoisotopic (exact) mass is 348 g/mol. The Bertz CT molecular complexity index is 594. The van der Waals surface area contributed by atoms with Gasteiger partial charge in [0.15, 0.2) is 36.1 Å². The fourth-order valence-electron chi connectivity index (χ4n) is 2.37. The Kier molecular flexibility index (Phi) is 6.71. The van der Waals surface area contributed by atoms with Crippen molar-refractivity contribution in [1.82, 2.24) is 14.6 Å². The van der Waals surface area contributed by atoms with Crippen LogP contribution in [0.5, 0.6) is 0 Å². The van der Waals surface area contributed by atoms with Crippen molar-refractivity contribution in [2.75, 3.05) is 17.4 Å². The third-order valence-corrected chi connectivity index (χ3v) is 4.45. The van der Waals surface area contributed by atoms with Crippen molar-refractivity contribution in [2.45, 2.75) is 32.1 Å². The van der Waals surface area contributed by atoms with Crippen LogP contribution in [0.15, 0.2) is 18.3 Å². The number of anilines is 1. The molecule has 22 heavy (non-hydrogen) atoms. The molecule has 0 radical (unpaired) electrons. The molecule has 0 aliphatic heterocycles. The summed E-state index contributed by atoms with van der Waals surface area (Å²) in [6.07, 6.45) is 4.28. The van der Waals surface area contributed by atoms with Crippen LogP contribution in [0.25, 0.3) is 5.65 Å². The van der Waals surface area contributed by atoms with Gasteiger partial charge in [0.1, 0.15) is 0 Å². The highest BCUT2D eigenvalue weighted by Crippen LogP contribution is 2.34. The molecule has 122 valence electrons. The normalized spacial score (nSPS) is 12.7. The van der Waals surface area contributed by atoms with E-state index in [1.807, 2.05) is 0 Å². The summed E-state index contributed by atoms with van der Waals surface area (Å²) in [5.74, 6) is 0.528. The van der Waals surface area contributed by atoms with E-state index in [-0.39, 0.29) is 30.6 Å². The summed E-state index contributed by atoms with van der Waals surface area (Å²) >= 11 is -0.393. The first-order chi connectivity index (χ1) is 10.7. The van der Waals surface area contributed by atoms with E-state index in [4.69, 9.17) is 4.74 Å². The van der Waals surface area contributed by atoms with Crippen LogP contribution in [0.2, 0.25) is 0 Å². The first-order valence-corrected chi connectivity index (χ1v) is 8.31. The lowest BCUT2D eigenvalue weighted by Gasteiger charge is -2.18. The van der Waals surface area contributed by atoms with Crippen molar-refractivity contribution in [3.05, 3.63) is 24.0 Å². The Morgan fingerprint density at radius 2 is 2.18 bits per heavy atom. The van der Waals surface area contributed by atoms with Gasteiger partial charge in [-0.05, 0) is 19.3 Å². The molecule has 1 atom stereocenters. The van der Waals surface area contributed by atoms with Crippen molar-refractivity contribution >= 4 is 36.1 Å². The van der Waals surface area contributed by atoms with E-state index in [9.17, 15) is 7.77 Å². The van der Waals surface area contributed by atoms with Crippen molar-refractivity contribution in [3.8, 4) is 0 Å². The van der Waals surface area contributed by atoms with Gasteiger partial charge in [-0.1, -0.05) is 6.92 Å². The molecule has 5 nitrogen and oxygen atoms in total. The second kappa shape index (κ2) is 8.54. The predicted octanol–water partition coefficient (Wildman–Crippen LogP) is 4.52. The van der Waals surface area contributed by atoms with Gasteiger partial charge in [-0.2, -0.15) is 13.3 Å². The Hall–Kier alpha value is -1.06. The summed E-state index contributed by atoms with van der Waals surface area (Å²) in [5, 5.41) is 4.07. The minimum Gasteiger partial charge on any atom is -0.385 e. The summed E-state index contributed by atoms with van der Waals surface area (Å²) < 4.78 is 33.2. The molecule has 1 unspecified atom stereocenters. The molecular weight excluding hydrogens is 330 g/mol. The molecule has 0 N–H and O–H groups in total. The Morgan fingerprint density at radius 3 is 2.82 bits per heavy atom. The van der Waals surface area contributed by atoms with Gasteiger partial charge >= 0.3 is 0 Å². The molecule has 2 aromatic heterocycles. The molecule has 2 aromatic rings. The maximum atomic E-state index is 12.9. The summed E-state index contributed by atoms with van der Waals surface area (Å²) in [4.78, 5) is 4.57. The Balaban J connectivity index is 2.36. The van der Waals surface area contributed by atoms with Gasteiger partial charge in [0.2, 0.25) is 0 Å². The molecule has 0 aliphatic carbocycles. The van der Waals surface area contributed by atoms with Crippen molar-refractivity contribution in [2.24, 2.45) is 0 Å². The van der Waals surface area contributed by atoms with Gasteiger partial charge in [0.25, 0.3) is 0 Å². The van der Waals surface area contributed by atoms with E-state index < -0.39 is 0 Å². The quantitative estimate of drug-likeness (QED) is 0.490. The summed E-state index contributed by atoms with van der Waals surface area (Å²) in [6.45, 7) is 2.76. The smallest absolute Gasteiger partial charge is 0.179 e. The highest BCUT2D eigenvalue weighted by atomic mass is 32.3. The number of methoxy groups -OCH3 is 1. The maximum Gasteiger partial charge on any atom is 0.179 e. The molecule has 0 amide bonds. The van der Waals surface area contributed by atoms with E-state index in [0.29, 0.717) is 18.1 Å². The van der Waals surface area contributed by atoms with Gasteiger partial charge in [0.05, 0.1) is 6.20 Å². The molecule has 9 heteroatoms. The van der Waals surface area contributed by atoms with Crippen molar-refractivity contribution < 1.29 is 12.5 Å². The number of nitrogens with zero attached hydrogens (tertiary/aromatic N) is 4. The van der Waals surface area contributed by atoms with E-state index in [1.54, 1.807) is 25.4 Å². The third-order valence-electron chi connectivity index (χ3n) is 3.48. The fraction of sp³-hybridized carbons (Fsp3) is 0.538. The molecule has 2 heterocycles. The predicted molar refractivity (Wildman–Crippen MR) is 87.0 cm³/mol. The number of ether oxygens (including phenoxy) is 1. The van der Waals surface area contributed by atoms with E-state index in [0.717, 1.165) is 28.7 Å². The molecule has 2 rings (SSSR count). The van der Waals surface area contributed by atoms with Gasteiger partial charge < -0.3 is 4.74 Å². The van der Waals surface area contributed by atoms with Gasteiger partial charge in [-0.3, -0.25) is 0 Å². The van der Waals surface area contributed by atoms with Crippen LogP contribution in [-0.2, 0) is 4.74 Å². The first-order valence-electron chi connectivity index (χ1n) is 6.96. The summed E-state index contributed by atoms with van der Waals surface area (Å²) in [6, 6.07) is 3.42. The number of aromatic nitrogens is 3. The minimum absolute atomic E-state index is 0.197. The van der Waals surface area contributed by atoms with Crippen LogP contribution >= 0.6 is 24.7 Å². The molecule has 0 aliphatic rings. The Labute approximate surface area is 137 Å². The summed E-state index contributed by atoms with van der Waals surface area (Å²) in [7, 11) is 1.67. The van der Waals surface area contributed by atoms with Crippen LogP contribution in [0, 0.1) is 0 Å². The average molecular weight is 348 g/mol. The summed E-state index contributed by atoms with van der Waals surface area (Å²) in [5.41, 5.74) is 1.39. The first kappa shape index (κ1) is 17.3. The second-order valence-corrected chi connectivity index (χ2v) is 6.01. The minimum atomic E-state index is -0.197. The number of hydrogen-bond donors (Lipinski definition) is 0. The molecule has 0 spiro atoms. The number of hydrogen-bond acceptors (Lipinski definition) is 6. The van der Waals surface area contributed by atoms with Crippen molar-refractivity contribution in [1.29, 1.82) is 0 Å². The second-order valence-electron chi connectivity index (χ2n) is 4.78. The number of fused-ring (bicyclic) bond motifs is 1. The van der Waals surface area contributed by atoms with Gasteiger partial charge in [0, 0.05) is 37.5 Å². The zero-order valence-electron chi connectivity index (χ0n) is 12.4. The zero-order chi connectivity index (χ0) is 15.9. The van der Waals surface area contributed by atoms with Crippen LogP contribution in [0.3, 0.4) is 0 Å². The van der Waals surface area contributed by atoms with Gasteiger partial charge in [-0.25, -0.2) is 4.98 Å². The van der Waals surface area contributed by atoms with Crippen LogP contribution in [-0.4, -0.2) is 28.3 Å². The molecular formula is C13H18F2N4OS2. The van der Waals surface area contributed by atoms with E-state index in [1.165, 1.54) is 4.52 Å². The van der Waals surface area contributed by atoms with Crippen LogP contribution < -0.4 is 3.71 Å². The molecule has 0 saturated carbocycles. The Morgan fingerprint density at radius 1 is 1.41 bits per heavy atom.